The molecule has 3 N–H and O–H groups in total. The van der Waals surface area contributed by atoms with E-state index >= 15 is 0 Å². The van der Waals surface area contributed by atoms with Gasteiger partial charge in [-0.1, -0.05) is 56.7 Å². The van der Waals surface area contributed by atoms with Crippen molar-refractivity contribution >= 4 is 28.5 Å². The minimum absolute atomic E-state index is 0.143. The largest absolute Gasteiger partial charge is 0.480 e. The summed E-state index contributed by atoms with van der Waals surface area (Å²) in [5.41, 5.74) is 0.656. The molecule has 116 valence electrons. The van der Waals surface area contributed by atoms with E-state index < -0.39 is 18.0 Å². The zero-order valence-electron chi connectivity index (χ0n) is 12.7. The zero-order valence-corrected chi connectivity index (χ0v) is 12.7. The highest BCUT2D eigenvalue weighted by molar-refractivity contribution is 6.02. The van der Waals surface area contributed by atoms with Gasteiger partial charge < -0.3 is 15.7 Å². The van der Waals surface area contributed by atoms with Crippen LogP contribution in [0.4, 0.5) is 10.5 Å². The van der Waals surface area contributed by atoms with E-state index in [4.69, 9.17) is 0 Å². The van der Waals surface area contributed by atoms with E-state index in [-0.39, 0.29) is 5.92 Å². The number of carboxylic acids is 1. The zero-order chi connectivity index (χ0) is 16.1. The van der Waals surface area contributed by atoms with Crippen molar-refractivity contribution < 1.29 is 14.7 Å². The molecule has 0 heterocycles. The van der Waals surface area contributed by atoms with Crippen LogP contribution in [-0.4, -0.2) is 23.1 Å². The number of carbonyl (C=O) groups excluding carboxylic acids is 1. The Morgan fingerprint density at radius 3 is 2.50 bits per heavy atom. The van der Waals surface area contributed by atoms with Gasteiger partial charge in [-0.15, -0.1) is 0 Å². The minimum Gasteiger partial charge on any atom is -0.480 e. The topological polar surface area (TPSA) is 78.4 Å². The van der Waals surface area contributed by atoms with Crippen molar-refractivity contribution in [3.63, 3.8) is 0 Å². The summed E-state index contributed by atoms with van der Waals surface area (Å²) in [4.78, 5) is 23.4. The maximum Gasteiger partial charge on any atom is 0.326 e. The molecule has 5 heteroatoms. The summed E-state index contributed by atoms with van der Waals surface area (Å²) < 4.78 is 0. The van der Waals surface area contributed by atoms with Gasteiger partial charge in [0.05, 0.1) is 5.69 Å². The van der Waals surface area contributed by atoms with Gasteiger partial charge in [0.1, 0.15) is 6.04 Å². The standard InChI is InChI=1S/C17H20N2O3/c1-3-11(2)15(16(20)21)19-17(22)18-14-10-6-8-12-7-4-5-9-13(12)14/h4-11,15H,3H2,1-2H3,(H,20,21)(H2,18,19,22)/t11-,15-/m0/s1. The molecule has 0 saturated carbocycles. The Hall–Kier alpha value is -2.56. The summed E-state index contributed by atoms with van der Waals surface area (Å²) in [5.74, 6) is -1.17. The minimum atomic E-state index is -1.03. The van der Waals surface area contributed by atoms with Crippen LogP contribution in [0.15, 0.2) is 42.5 Å². The maximum absolute atomic E-state index is 12.1. The average Bonchev–Trinajstić information content (AvgIpc) is 2.52. The third-order valence-electron chi connectivity index (χ3n) is 3.80. The first-order valence-electron chi connectivity index (χ1n) is 7.31. The smallest absolute Gasteiger partial charge is 0.326 e. The van der Waals surface area contributed by atoms with Crippen LogP contribution in [-0.2, 0) is 4.79 Å². The first-order valence-corrected chi connectivity index (χ1v) is 7.31. The molecule has 0 aliphatic rings. The fraction of sp³-hybridized carbons (Fsp3) is 0.294. The van der Waals surface area contributed by atoms with Crippen LogP contribution in [0.5, 0.6) is 0 Å². The molecule has 5 nitrogen and oxygen atoms in total. The summed E-state index contributed by atoms with van der Waals surface area (Å²) in [6, 6.07) is 11.9. The molecular formula is C17H20N2O3. The fourth-order valence-electron chi connectivity index (χ4n) is 2.32. The van der Waals surface area contributed by atoms with Gasteiger partial charge in [-0.25, -0.2) is 9.59 Å². The number of hydrogen-bond donors (Lipinski definition) is 3. The first kappa shape index (κ1) is 15.8. The summed E-state index contributed by atoms with van der Waals surface area (Å²) in [6.45, 7) is 3.70. The number of carbonyl (C=O) groups is 2. The number of aliphatic carboxylic acids is 1. The molecule has 2 aromatic rings. The van der Waals surface area contributed by atoms with Gasteiger partial charge in [0.25, 0.3) is 0 Å². The van der Waals surface area contributed by atoms with Crippen LogP contribution in [0.1, 0.15) is 20.3 Å². The number of nitrogens with one attached hydrogen (secondary N) is 2. The molecule has 0 bridgehead atoms. The Bertz CT molecular complexity index is 679. The normalized spacial score (nSPS) is 13.4. The molecule has 0 unspecified atom stereocenters. The lowest BCUT2D eigenvalue weighted by Gasteiger charge is -2.20. The number of carboxylic acid groups (broad SMARTS) is 1. The number of benzene rings is 2. The lowest BCUT2D eigenvalue weighted by Crippen LogP contribution is -2.46. The highest BCUT2D eigenvalue weighted by Crippen LogP contribution is 2.22. The van der Waals surface area contributed by atoms with E-state index in [1.54, 1.807) is 13.0 Å². The number of fused-ring (bicyclic) bond motifs is 1. The van der Waals surface area contributed by atoms with E-state index in [9.17, 15) is 14.7 Å². The van der Waals surface area contributed by atoms with E-state index in [0.29, 0.717) is 12.1 Å². The number of rotatable bonds is 5. The van der Waals surface area contributed by atoms with Crippen LogP contribution < -0.4 is 10.6 Å². The third kappa shape index (κ3) is 3.55. The van der Waals surface area contributed by atoms with Crippen LogP contribution in [0, 0.1) is 5.92 Å². The number of urea groups is 1. The number of hydrogen-bond acceptors (Lipinski definition) is 2. The second-order valence-corrected chi connectivity index (χ2v) is 5.33. The van der Waals surface area contributed by atoms with Gasteiger partial charge in [-0.2, -0.15) is 0 Å². The number of anilines is 1. The second kappa shape index (κ2) is 6.93. The highest BCUT2D eigenvalue weighted by Gasteiger charge is 2.25. The predicted molar refractivity (Wildman–Crippen MR) is 87.0 cm³/mol. The molecule has 2 rings (SSSR count). The Morgan fingerprint density at radius 2 is 1.82 bits per heavy atom. The maximum atomic E-state index is 12.1. The second-order valence-electron chi connectivity index (χ2n) is 5.33. The highest BCUT2D eigenvalue weighted by atomic mass is 16.4. The van der Waals surface area contributed by atoms with Crippen molar-refractivity contribution in [1.29, 1.82) is 0 Å². The molecular weight excluding hydrogens is 280 g/mol. The molecule has 2 amide bonds. The molecule has 22 heavy (non-hydrogen) atoms. The molecule has 0 saturated heterocycles. The van der Waals surface area contributed by atoms with Gasteiger partial charge >= 0.3 is 12.0 Å². The summed E-state index contributed by atoms with van der Waals surface area (Å²) in [5, 5.41) is 16.4. The quantitative estimate of drug-likeness (QED) is 0.791. The molecule has 0 aliphatic heterocycles. The monoisotopic (exact) mass is 300 g/mol. The van der Waals surface area contributed by atoms with E-state index in [1.807, 2.05) is 43.3 Å². The van der Waals surface area contributed by atoms with Crippen molar-refractivity contribution in [1.82, 2.24) is 5.32 Å². The van der Waals surface area contributed by atoms with Gasteiger partial charge in [0.15, 0.2) is 0 Å². The lowest BCUT2D eigenvalue weighted by molar-refractivity contribution is -0.140. The van der Waals surface area contributed by atoms with Crippen molar-refractivity contribution in [2.75, 3.05) is 5.32 Å². The van der Waals surface area contributed by atoms with Crippen molar-refractivity contribution in [3.8, 4) is 0 Å². The molecule has 0 radical (unpaired) electrons. The van der Waals surface area contributed by atoms with Gasteiger partial charge in [0, 0.05) is 5.39 Å². The van der Waals surface area contributed by atoms with Gasteiger partial charge in [-0.3, -0.25) is 0 Å². The van der Waals surface area contributed by atoms with Crippen LogP contribution in [0.2, 0.25) is 0 Å². The average molecular weight is 300 g/mol. The van der Waals surface area contributed by atoms with Crippen molar-refractivity contribution in [2.45, 2.75) is 26.3 Å². The molecule has 0 spiro atoms. The van der Waals surface area contributed by atoms with Crippen LogP contribution >= 0.6 is 0 Å². The number of amides is 2. The fourth-order valence-corrected chi connectivity index (χ4v) is 2.32. The lowest BCUT2D eigenvalue weighted by atomic mass is 9.99. The summed E-state index contributed by atoms with van der Waals surface area (Å²) >= 11 is 0. The molecule has 0 aromatic heterocycles. The molecule has 2 aromatic carbocycles. The van der Waals surface area contributed by atoms with E-state index in [2.05, 4.69) is 10.6 Å². The molecule has 0 fully saturated rings. The van der Waals surface area contributed by atoms with Crippen LogP contribution in [0.3, 0.4) is 0 Å². The summed E-state index contributed by atoms with van der Waals surface area (Å²) in [6.07, 6.45) is 0.672. The van der Waals surface area contributed by atoms with Gasteiger partial charge in [0.2, 0.25) is 0 Å². The van der Waals surface area contributed by atoms with E-state index in [1.165, 1.54) is 0 Å². The van der Waals surface area contributed by atoms with Gasteiger partial charge in [-0.05, 0) is 17.4 Å². The van der Waals surface area contributed by atoms with Crippen molar-refractivity contribution in [2.24, 2.45) is 5.92 Å². The Morgan fingerprint density at radius 1 is 1.14 bits per heavy atom. The summed E-state index contributed by atoms with van der Waals surface area (Å²) in [7, 11) is 0. The third-order valence-corrected chi connectivity index (χ3v) is 3.80. The molecule has 0 aliphatic carbocycles. The van der Waals surface area contributed by atoms with Crippen molar-refractivity contribution in [3.05, 3.63) is 42.5 Å². The molecule has 2 atom stereocenters. The Labute approximate surface area is 129 Å². The first-order chi connectivity index (χ1) is 10.5. The van der Waals surface area contributed by atoms with Crippen LogP contribution in [0.25, 0.3) is 10.8 Å². The predicted octanol–water partition coefficient (Wildman–Crippen LogP) is 3.46. The Balaban J connectivity index is 2.15. The SMILES string of the molecule is CC[C@H](C)[C@H](NC(=O)Nc1cccc2ccccc12)C(=O)O. The Kier molecular flexibility index (Phi) is 4.99. The van der Waals surface area contributed by atoms with E-state index in [0.717, 1.165) is 10.8 Å².